The van der Waals surface area contributed by atoms with Crippen LogP contribution >= 0.6 is 0 Å². The van der Waals surface area contributed by atoms with Gasteiger partial charge in [-0.05, 0) is 24.8 Å². The van der Waals surface area contributed by atoms with Crippen LogP contribution in [0.15, 0.2) is 12.1 Å². The largest absolute Gasteiger partial charge is 0.384 e. The van der Waals surface area contributed by atoms with Crippen LogP contribution in [0.1, 0.15) is 12.8 Å². The number of nitrogens with zero attached hydrogens (tertiary/aromatic N) is 3. The third-order valence-electron chi connectivity index (χ3n) is 3.53. The zero-order valence-corrected chi connectivity index (χ0v) is 11.8. The molecule has 7 heteroatoms. The molecule has 1 N–H and O–H groups in total. The summed E-state index contributed by atoms with van der Waals surface area (Å²) in [5, 5.41) is 14.1. The molecule has 7 nitrogen and oxygen atoms in total. The first-order valence-electron chi connectivity index (χ1n) is 6.72. The molecule has 1 aromatic rings. The monoisotopic (exact) mass is 280 g/mol. The van der Waals surface area contributed by atoms with Crippen molar-refractivity contribution in [2.45, 2.75) is 12.8 Å². The van der Waals surface area contributed by atoms with Crippen molar-refractivity contribution in [3.63, 3.8) is 0 Å². The molecule has 20 heavy (non-hydrogen) atoms. The van der Waals surface area contributed by atoms with Crippen molar-refractivity contribution in [2.24, 2.45) is 5.92 Å². The first-order valence-corrected chi connectivity index (χ1v) is 6.72. The van der Waals surface area contributed by atoms with E-state index in [2.05, 4.69) is 10.3 Å². The lowest BCUT2D eigenvalue weighted by Gasteiger charge is -2.33. The molecule has 0 saturated carbocycles. The first kappa shape index (κ1) is 14.5. The minimum absolute atomic E-state index is 0.0575. The number of ether oxygens (including phenoxy) is 1. The third-order valence-corrected chi connectivity index (χ3v) is 3.53. The van der Waals surface area contributed by atoms with Gasteiger partial charge in [0.15, 0.2) is 0 Å². The minimum Gasteiger partial charge on any atom is -0.384 e. The van der Waals surface area contributed by atoms with Crippen LogP contribution in [0, 0.1) is 16.0 Å². The molecular weight excluding hydrogens is 260 g/mol. The van der Waals surface area contributed by atoms with Gasteiger partial charge in [-0.3, -0.25) is 10.1 Å². The van der Waals surface area contributed by atoms with Crippen LogP contribution in [0.4, 0.5) is 17.3 Å². The number of nitrogens with one attached hydrogen (secondary N) is 1. The lowest BCUT2D eigenvalue weighted by Crippen LogP contribution is -2.38. The van der Waals surface area contributed by atoms with E-state index in [1.165, 1.54) is 6.07 Å². The maximum atomic E-state index is 11.2. The van der Waals surface area contributed by atoms with Gasteiger partial charge in [-0.1, -0.05) is 0 Å². The predicted octanol–water partition coefficient (Wildman–Crippen LogP) is 1.89. The highest BCUT2D eigenvalue weighted by Crippen LogP contribution is 2.31. The van der Waals surface area contributed by atoms with Gasteiger partial charge in [-0.25, -0.2) is 4.98 Å². The fourth-order valence-corrected chi connectivity index (χ4v) is 2.58. The minimum atomic E-state index is -0.373. The number of hydrogen-bond donors (Lipinski definition) is 1. The molecule has 1 atom stereocenters. The summed E-state index contributed by atoms with van der Waals surface area (Å²) in [6.07, 6.45) is 2.08. The van der Waals surface area contributed by atoms with Crippen LogP contribution in [0.25, 0.3) is 0 Å². The zero-order chi connectivity index (χ0) is 14.5. The van der Waals surface area contributed by atoms with Crippen LogP contribution in [-0.4, -0.2) is 43.8 Å². The second-order valence-corrected chi connectivity index (χ2v) is 4.96. The molecule has 1 aromatic heterocycles. The van der Waals surface area contributed by atoms with Crippen molar-refractivity contribution in [3.05, 3.63) is 22.2 Å². The van der Waals surface area contributed by atoms with Crippen molar-refractivity contribution in [1.82, 2.24) is 4.98 Å². The lowest BCUT2D eigenvalue weighted by molar-refractivity contribution is -0.384. The number of aromatic nitrogens is 1. The lowest BCUT2D eigenvalue weighted by atomic mass is 9.99. The van der Waals surface area contributed by atoms with Crippen molar-refractivity contribution in [2.75, 3.05) is 44.1 Å². The molecule has 1 fully saturated rings. The Morgan fingerprint density at radius 3 is 3.05 bits per heavy atom. The normalized spacial score (nSPS) is 18.9. The number of piperidine rings is 1. The van der Waals surface area contributed by atoms with Crippen molar-refractivity contribution in [1.29, 1.82) is 0 Å². The van der Waals surface area contributed by atoms with Gasteiger partial charge in [0.1, 0.15) is 5.82 Å². The predicted molar refractivity (Wildman–Crippen MR) is 77.3 cm³/mol. The van der Waals surface area contributed by atoms with Crippen molar-refractivity contribution >= 4 is 17.3 Å². The molecular formula is C13H20N4O3. The first-order chi connectivity index (χ1) is 9.65. The molecule has 2 rings (SSSR count). The van der Waals surface area contributed by atoms with Gasteiger partial charge in [0.2, 0.25) is 5.82 Å². The fraction of sp³-hybridized carbons (Fsp3) is 0.615. The summed E-state index contributed by atoms with van der Waals surface area (Å²) in [4.78, 5) is 17.1. The van der Waals surface area contributed by atoms with E-state index < -0.39 is 0 Å². The summed E-state index contributed by atoms with van der Waals surface area (Å²) in [6, 6.07) is 3.13. The summed E-state index contributed by atoms with van der Waals surface area (Å²) >= 11 is 0. The van der Waals surface area contributed by atoms with Crippen LogP contribution in [-0.2, 0) is 4.74 Å². The molecule has 0 aromatic carbocycles. The van der Waals surface area contributed by atoms with E-state index in [-0.39, 0.29) is 10.6 Å². The second kappa shape index (κ2) is 6.51. The van der Waals surface area contributed by atoms with Crippen molar-refractivity contribution < 1.29 is 9.66 Å². The summed E-state index contributed by atoms with van der Waals surface area (Å²) < 4.78 is 5.19. The Morgan fingerprint density at radius 2 is 2.40 bits per heavy atom. The Labute approximate surface area is 118 Å². The molecule has 0 aliphatic carbocycles. The maximum Gasteiger partial charge on any atom is 0.311 e. The van der Waals surface area contributed by atoms with E-state index in [1.54, 1.807) is 20.2 Å². The number of nitro groups is 1. The smallest absolute Gasteiger partial charge is 0.311 e. The number of anilines is 2. The van der Waals surface area contributed by atoms with Gasteiger partial charge in [0.25, 0.3) is 0 Å². The van der Waals surface area contributed by atoms with Crippen LogP contribution < -0.4 is 10.2 Å². The maximum absolute atomic E-state index is 11.2. The van der Waals surface area contributed by atoms with Crippen molar-refractivity contribution in [3.8, 4) is 0 Å². The van der Waals surface area contributed by atoms with Crippen LogP contribution in [0.5, 0.6) is 0 Å². The summed E-state index contributed by atoms with van der Waals surface area (Å²) in [6.45, 7) is 2.21. The van der Waals surface area contributed by atoms with Crippen LogP contribution in [0.3, 0.4) is 0 Å². The molecule has 110 valence electrons. The highest BCUT2D eigenvalue weighted by Gasteiger charge is 2.27. The Morgan fingerprint density at radius 1 is 1.60 bits per heavy atom. The Kier molecular flexibility index (Phi) is 4.73. The summed E-state index contributed by atoms with van der Waals surface area (Å²) in [7, 11) is 3.43. The second-order valence-electron chi connectivity index (χ2n) is 4.96. The van der Waals surface area contributed by atoms with Gasteiger partial charge in [0, 0.05) is 33.3 Å². The highest BCUT2D eigenvalue weighted by molar-refractivity contribution is 5.62. The molecule has 1 aliphatic rings. The van der Waals surface area contributed by atoms with E-state index in [9.17, 15) is 10.1 Å². The third kappa shape index (κ3) is 3.16. The van der Waals surface area contributed by atoms with E-state index in [0.29, 0.717) is 24.2 Å². The van der Waals surface area contributed by atoms with Gasteiger partial charge in [-0.15, -0.1) is 0 Å². The molecule has 1 saturated heterocycles. The number of rotatable bonds is 5. The van der Waals surface area contributed by atoms with E-state index in [4.69, 9.17) is 4.74 Å². The van der Waals surface area contributed by atoms with E-state index in [1.807, 2.05) is 4.90 Å². The average Bonchev–Trinajstić information content (AvgIpc) is 2.47. The zero-order valence-electron chi connectivity index (χ0n) is 11.8. The molecule has 1 unspecified atom stereocenters. The topological polar surface area (TPSA) is 80.5 Å². The quantitative estimate of drug-likeness (QED) is 0.655. The van der Waals surface area contributed by atoms with Crippen LogP contribution in [0.2, 0.25) is 0 Å². The fourth-order valence-electron chi connectivity index (χ4n) is 2.58. The van der Waals surface area contributed by atoms with E-state index >= 15 is 0 Å². The van der Waals surface area contributed by atoms with Gasteiger partial charge in [-0.2, -0.15) is 0 Å². The Hall–Kier alpha value is -1.89. The van der Waals surface area contributed by atoms with Gasteiger partial charge < -0.3 is 15.0 Å². The SMILES string of the molecule is CNc1ccc([N+](=O)[O-])c(N2CCCC(COC)C2)n1. The summed E-state index contributed by atoms with van der Waals surface area (Å²) in [5.41, 5.74) is 0.0575. The Bertz CT molecular complexity index is 479. The molecule has 2 heterocycles. The number of methoxy groups -OCH3 is 1. The molecule has 0 spiro atoms. The van der Waals surface area contributed by atoms with E-state index in [0.717, 1.165) is 25.9 Å². The molecule has 0 amide bonds. The molecule has 1 aliphatic heterocycles. The Balaban J connectivity index is 2.27. The molecule has 0 radical (unpaired) electrons. The van der Waals surface area contributed by atoms with Gasteiger partial charge in [0.05, 0.1) is 11.5 Å². The highest BCUT2D eigenvalue weighted by atomic mass is 16.6. The summed E-state index contributed by atoms with van der Waals surface area (Å²) in [5.74, 6) is 1.48. The van der Waals surface area contributed by atoms with Gasteiger partial charge >= 0.3 is 5.69 Å². The number of pyridine rings is 1. The average molecular weight is 280 g/mol. The standard InChI is InChI=1S/C13H20N4O3/c1-14-12-6-5-11(17(18)19)13(15-12)16-7-3-4-10(8-16)9-20-2/h5-6,10H,3-4,7-9H2,1-2H3,(H,14,15). The molecule has 0 bridgehead atoms. The number of hydrogen-bond acceptors (Lipinski definition) is 6.